The van der Waals surface area contributed by atoms with Crippen molar-refractivity contribution in [3.05, 3.63) is 23.8 Å². The van der Waals surface area contributed by atoms with Crippen molar-refractivity contribution in [2.45, 2.75) is 38.3 Å². The summed E-state index contributed by atoms with van der Waals surface area (Å²) in [4.78, 5) is 0. The Bertz CT molecular complexity index is 405. The molecule has 1 aliphatic heterocycles. The van der Waals surface area contributed by atoms with Crippen LogP contribution in [0.4, 0.5) is 0 Å². The monoisotopic (exact) mass is 235 g/mol. The van der Waals surface area contributed by atoms with Gasteiger partial charge in [0.15, 0.2) is 0 Å². The summed E-state index contributed by atoms with van der Waals surface area (Å²) in [7, 11) is 3.69. The van der Waals surface area contributed by atoms with E-state index in [1.807, 2.05) is 25.2 Å². The quantitative estimate of drug-likeness (QED) is 0.873. The molecule has 17 heavy (non-hydrogen) atoms. The second kappa shape index (κ2) is 4.57. The van der Waals surface area contributed by atoms with Crippen molar-refractivity contribution < 1.29 is 9.47 Å². The summed E-state index contributed by atoms with van der Waals surface area (Å²) in [6, 6.07) is 6.28. The Morgan fingerprint density at radius 2 is 2.29 bits per heavy atom. The molecule has 3 nitrogen and oxygen atoms in total. The second-order valence-electron chi connectivity index (χ2n) is 4.82. The Balaban J connectivity index is 2.47. The van der Waals surface area contributed by atoms with Crippen molar-refractivity contribution in [1.82, 2.24) is 5.32 Å². The summed E-state index contributed by atoms with van der Waals surface area (Å²) < 4.78 is 11.5. The first-order valence-corrected chi connectivity index (χ1v) is 6.16. The normalized spacial score (nSPS) is 27.2. The maximum atomic E-state index is 6.12. The van der Waals surface area contributed by atoms with Gasteiger partial charge in [-0.05, 0) is 32.5 Å². The lowest BCUT2D eigenvalue weighted by Gasteiger charge is -2.40. The number of nitrogens with one attached hydrogen (secondary N) is 1. The summed E-state index contributed by atoms with van der Waals surface area (Å²) in [5.41, 5.74) is 1.05. The Morgan fingerprint density at radius 3 is 2.88 bits per heavy atom. The molecule has 0 saturated carbocycles. The number of fused-ring (bicyclic) bond motifs is 1. The van der Waals surface area contributed by atoms with Crippen LogP contribution in [-0.2, 0) is 0 Å². The summed E-state index contributed by atoms with van der Waals surface area (Å²) >= 11 is 0. The number of hydrogen-bond acceptors (Lipinski definition) is 3. The first-order valence-electron chi connectivity index (χ1n) is 6.16. The molecule has 1 aromatic carbocycles. The van der Waals surface area contributed by atoms with E-state index in [1.54, 1.807) is 7.11 Å². The molecule has 2 rings (SSSR count). The smallest absolute Gasteiger partial charge is 0.128 e. The van der Waals surface area contributed by atoms with Crippen LogP contribution in [0.3, 0.4) is 0 Å². The SMILES string of the molecule is CCC1(C)CC(NC)c2c(OC)cccc2O1. The van der Waals surface area contributed by atoms with Crippen LogP contribution in [0.25, 0.3) is 0 Å². The largest absolute Gasteiger partial charge is 0.496 e. The number of methoxy groups -OCH3 is 1. The summed E-state index contributed by atoms with van der Waals surface area (Å²) in [5.74, 6) is 1.85. The molecule has 1 heterocycles. The molecular weight excluding hydrogens is 214 g/mol. The molecule has 0 bridgehead atoms. The van der Waals surface area contributed by atoms with Crippen LogP contribution < -0.4 is 14.8 Å². The summed E-state index contributed by atoms with van der Waals surface area (Å²) in [5, 5.41) is 3.36. The third-order valence-corrected chi connectivity index (χ3v) is 3.68. The predicted octanol–water partition coefficient (Wildman–Crippen LogP) is 2.91. The van der Waals surface area contributed by atoms with Crippen LogP contribution in [0, 0.1) is 0 Å². The fourth-order valence-electron chi connectivity index (χ4n) is 2.44. The van der Waals surface area contributed by atoms with Crippen molar-refractivity contribution in [3.63, 3.8) is 0 Å². The van der Waals surface area contributed by atoms with E-state index in [4.69, 9.17) is 9.47 Å². The van der Waals surface area contributed by atoms with E-state index in [-0.39, 0.29) is 5.60 Å². The maximum Gasteiger partial charge on any atom is 0.128 e. The van der Waals surface area contributed by atoms with Crippen molar-refractivity contribution in [2.24, 2.45) is 0 Å². The molecule has 0 amide bonds. The van der Waals surface area contributed by atoms with E-state index in [0.717, 1.165) is 29.9 Å². The zero-order valence-electron chi connectivity index (χ0n) is 11.0. The van der Waals surface area contributed by atoms with Gasteiger partial charge in [0.2, 0.25) is 0 Å². The Hall–Kier alpha value is -1.22. The molecule has 1 aliphatic rings. The van der Waals surface area contributed by atoms with E-state index >= 15 is 0 Å². The van der Waals surface area contributed by atoms with Crippen LogP contribution in [-0.4, -0.2) is 19.8 Å². The molecule has 1 aromatic rings. The van der Waals surface area contributed by atoms with Gasteiger partial charge in [0.1, 0.15) is 17.1 Å². The molecule has 0 aromatic heterocycles. The van der Waals surface area contributed by atoms with Crippen molar-refractivity contribution in [2.75, 3.05) is 14.2 Å². The van der Waals surface area contributed by atoms with Crippen molar-refractivity contribution in [1.29, 1.82) is 0 Å². The molecule has 0 spiro atoms. The molecule has 3 heteroatoms. The lowest BCUT2D eigenvalue weighted by molar-refractivity contribution is 0.0444. The Labute approximate surface area is 103 Å². The molecule has 0 aliphatic carbocycles. The number of rotatable bonds is 3. The third-order valence-electron chi connectivity index (χ3n) is 3.68. The van der Waals surface area contributed by atoms with E-state index in [0.29, 0.717) is 6.04 Å². The van der Waals surface area contributed by atoms with Crippen LogP contribution in [0.15, 0.2) is 18.2 Å². The molecule has 94 valence electrons. The lowest BCUT2D eigenvalue weighted by Crippen LogP contribution is -2.40. The van der Waals surface area contributed by atoms with Gasteiger partial charge in [-0.1, -0.05) is 13.0 Å². The van der Waals surface area contributed by atoms with Gasteiger partial charge in [0.05, 0.1) is 12.7 Å². The molecular formula is C14H21NO2. The van der Waals surface area contributed by atoms with Gasteiger partial charge in [0.25, 0.3) is 0 Å². The minimum absolute atomic E-state index is 0.0902. The van der Waals surface area contributed by atoms with E-state index in [2.05, 4.69) is 19.2 Å². The fourth-order valence-corrected chi connectivity index (χ4v) is 2.44. The highest BCUT2D eigenvalue weighted by Crippen LogP contribution is 2.44. The van der Waals surface area contributed by atoms with Gasteiger partial charge < -0.3 is 14.8 Å². The Kier molecular flexibility index (Phi) is 3.29. The van der Waals surface area contributed by atoms with Crippen LogP contribution >= 0.6 is 0 Å². The molecule has 2 atom stereocenters. The van der Waals surface area contributed by atoms with Crippen LogP contribution in [0.1, 0.15) is 38.3 Å². The van der Waals surface area contributed by atoms with Gasteiger partial charge in [-0.25, -0.2) is 0 Å². The van der Waals surface area contributed by atoms with Gasteiger partial charge in [-0.15, -0.1) is 0 Å². The maximum absolute atomic E-state index is 6.12. The van der Waals surface area contributed by atoms with Crippen LogP contribution in [0.2, 0.25) is 0 Å². The minimum Gasteiger partial charge on any atom is -0.496 e. The van der Waals surface area contributed by atoms with Gasteiger partial charge >= 0.3 is 0 Å². The standard InChI is InChI=1S/C14H21NO2/c1-5-14(2)9-10(15-3)13-11(16-4)7-6-8-12(13)17-14/h6-8,10,15H,5,9H2,1-4H3. The zero-order chi connectivity index (χ0) is 12.5. The molecule has 0 radical (unpaired) electrons. The average molecular weight is 235 g/mol. The highest BCUT2D eigenvalue weighted by Gasteiger charge is 2.36. The zero-order valence-corrected chi connectivity index (χ0v) is 11.0. The average Bonchev–Trinajstić information content (AvgIpc) is 2.36. The fraction of sp³-hybridized carbons (Fsp3) is 0.571. The highest BCUT2D eigenvalue weighted by atomic mass is 16.5. The Morgan fingerprint density at radius 1 is 1.53 bits per heavy atom. The van der Waals surface area contributed by atoms with Gasteiger partial charge in [0, 0.05) is 12.5 Å². The van der Waals surface area contributed by atoms with Gasteiger partial charge in [-0.3, -0.25) is 0 Å². The molecule has 2 unspecified atom stereocenters. The third kappa shape index (κ3) is 2.12. The summed E-state index contributed by atoms with van der Waals surface area (Å²) in [6.45, 7) is 4.33. The number of benzene rings is 1. The predicted molar refractivity (Wildman–Crippen MR) is 68.7 cm³/mol. The second-order valence-corrected chi connectivity index (χ2v) is 4.82. The highest BCUT2D eigenvalue weighted by molar-refractivity contribution is 5.48. The number of ether oxygens (including phenoxy) is 2. The van der Waals surface area contributed by atoms with Crippen LogP contribution in [0.5, 0.6) is 11.5 Å². The molecule has 0 fully saturated rings. The van der Waals surface area contributed by atoms with E-state index in [9.17, 15) is 0 Å². The van der Waals surface area contributed by atoms with E-state index < -0.39 is 0 Å². The first-order chi connectivity index (χ1) is 8.13. The van der Waals surface area contributed by atoms with Crippen molar-refractivity contribution in [3.8, 4) is 11.5 Å². The van der Waals surface area contributed by atoms with Crippen molar-refractivity contribution >= 4 is 0 Å². The lowest BCUT2D eigenvalue weighted by atomic mass is 9.86. The molecule has 1 N–H and O–H groups in total. The van der Waals surface area contributed by atoms with E-state index in [1.165, 1.54) is 0 Å². The summed E-state index contributed by atoms with van der Waals surface area (Å²) in [6.07, 6.45) is 1.97. The minimum atomic E-state index is -0.0902. The first kappa shape index (κ1) is 12.2. The molecule has 0 saturated heterocycles. The van der Waals surface area contributed by atoms with Gasteiger partial charge in [-0.2, -0.15) is 0 Å². The number of hydrogen-bond donors (Lipinski definition) is 1. The topological polar surface area (TPSA) is 30.5 Å².